The number of hydrogen-bond donors (Lipinski definition) is 0. The van der Waals surface area contributed by atoms with Gasteiger partial charge in [0.15, 0.2) is 0 Å². The fraction of sp³-hybridized carbons (Fsp3) is 0.375. The van der Waals surface area contributed by atoms with Gasteiger partial charge in [-0.3, -0.25) is 14.6 Å². The molecule has 122 valence electrons. The number of aromatic nitrogens is 3. The molecule has 7 nitrogen and oxygen atoms in total. The number of hydrogen-bond acceptors (Lipinski definition) is 5. The van der Waals surface area contributed by atoms with Gasteiger partial charge < -0.3 is 14.2 Å². The fourth-order valence-corrected chi connectivity index (χ4v) is 2.18. The van der Waals surface area contributed by atoms with Gasteiger partial charge in [-0.05, 0) is 18.6 Å². The molecule has 0 saturated heterocycles. The minimum Gasteiger partial charge on any atom is -0.469 e. The van der Waals surface area contributed by atoms with Crippen molar-refractivity contribution in [1.29, 1.82) is 0 Å². The van der Waals surface area contributed by atoms with Gasteiger partial charge in [0.25, 0.3) is 5.91 Å². The summed E-state index contributed by atoms with van der Waals surface area (Å²) in [6, 6.07) is 3.44. The van der Waals surface area contributed by atoms with E-state index >= 15 is 0 Å². The lowest BCUT2D eigenvalue weighted by Crippen LogP contribution is -2.34. The van der Waals surface area contributed by atoms with Crippen LogP contribution in [0.15, 0.2) is 43.2 Å². The van der Waals surface area contributed by atoms with E-state index in [9.17, 15) is 9.59 Å². The molecule has 0 atom stereocenters. The molecule has 23 heavy (non-hydrogen) atoms. The highest BCUT2D eigenvalue weighted by Gasteiger charge is 2.17. The quantitative estimate of drug-likeness (QED) is 0.688. The van der Waals surface area contributed by atoms with Gasteiger partial charge in [0.2, 0.25) is 0 Å². The number of rotatable bonds is 8. The fourth-order valence-electron chi connectivity index (χ4n) is 2.18. The largest absolute Gasteiger partial charge is 0.469 e. The lowest BCUT2D eigenvalue weighted by Gasteiger charge is -2.22. The van der Waals surface area contributed by atoms with Crippen LogP contribution in [0.5, 0.6) is 0 Å². The second-order valence-corrected chi connectivity index (χ2v) is 5.01. The number of carbonyl (C=O) groups is 2. The molecule has 7 heteroatoms. The molecule has 2 rings (SSSR count). The Morgan fingerprint density at radius 1 is 1.26 bits per heavy atom. The Labute approximate surface area is 134 Å². The summed E-state index contributed by atoms with van der Waals surface area (Å²) in [5, 5.41) is 0. The Bertz CT molecular complexity index is 614. The summed E-state index contributed by atoms with van der Waals surface area (Å²) in [6.07, 6.45) is 9.42. The molecule has 2 aromatic rings. The van der Waals surface area contributed by atoms with Crippen molar-refractivity contribution in [2.75, 3.05) is 20.2 Å². The number of esters is 1. The third kappa shape index (κ3) is 5.21. The number of ether oxygens (including phenoxy) is 1. The molecule has 0 N–H and O–H groups in total. The number of pyridine rings is 1. The second kappa shape index (κ2) is 8.67. The zero-order chi connectivity index (χ0) is 16.5. The summed E-state index contributed by atoms with van der Waals surface area (Å²) in [6.45, 7) is 1.63. The molecule has 0 spiro atoms. The van der Waals surface area contributed by atoms with Crippen LogP contribution in [0.25, 0.3) is 0 Å². The summed E-state index contributed by atoms with van der Waals surface area (Å²) in [5.41, 5.74) is 0.514. The number of aryl methyl sites for hydroxylation is 1. The Morgan fingerprint density at radius 2 is 2.13 bits per heavy atom. The van der Waals surface area contributed by atoms with Gasteiger partial charge in [-0.25, -0.2) is 4.98 Å². The van der Waals surface area contributed by atoms with Crippen LogP contribution in [-0.4, -0.2) is 51.5 Å². The number of imidazole rings is 1. The van der Waals surface area contributed by atoms with E-state index in [1.807, 2.05) is 10.8 Å². The molecule has 0 radical (unpaired) electrons. The minimum absolute atomic E-state index is 0.132. The molecule has 0 aromatic carbocycles. The molecule has 0 aliphatic rings. The second-order valence-electron chi connectivity index (χ2n) is 5.01. The van der Waals surface area contributed by atoms with Crippen LogP contribution < -0.4 is 0 Å². The first-order valence-corrected chi connectivity index (χ1v) is 7.42. The van der Waals surface area contributed by atoms with E-state index < -0.39 is 0 Å². The molecule has 0 bridgehead atoms. The zero-order valence-corrected chi connectivity index (χ0v) is 13.1. The van der Waals surface area contributed by atoms with Crippen LogP contribution in [0.2, 0.25) is 0 Å². The molecule has 0 aliphatic carbocycles. The first-order chi connectivity index (χ1) is 11.2. The summed E-state index contributed by atoms with van der Waals surface area (Å²) in [4.78, 5) is 33.5. The molecule has 0 saturated carbocycles. The van der Waals surface area contributed by atoms with Crippen molar-refractivity contribution in [2.45, 2.75) is 19.4 Å². The topological polar surface area (TPSA) is 77.3 Å². The smallest absolute Gasteiger partial charge is 0.307 e. The van der Waals surface area contributed by atoms with Crippen LogP contribution in [0.4, 0.5) is 0 Å². The predicted octanol–water partition coefficient (Wildman–Crippen LogP) is 1.37. The molecule has 1 amide bonds. The van der Waals surface area contributed by atoms with Crippen LogP contribution in [0.1, 0.15) is 23.2 Å². The van der Waals surface area contributed by atoms with Gasteiger partial charge in [0, 0.05) is 44.4 Å². The van der Waals surface area contributed by atoms with Gasteiger partial charge in [-0.1, -0.05) is 0 Å². The predicted molar refractivity (Wildman–Crippen MR) is 83.6 cm³/mol. The molecule has 2 aromatic heterocycles. The van der Waals surface area contributed by atoms with Gasteiger partial charge in [0.1, 0.15) is 0 Å². The highest BCUT2D eigenvalue weighted by atomic mass is 16.5. The van der Waals surface area contributed by atoms with E-state index in [2.05, 4.69) is 14.7 Å². The van der Waals surface area contributed by atoms with Crippen LogP contribution in [0.3, 0.4) is 0 Å². The summed E-state index contributed by atoms with van der Waals surface area (Å²) >= 11 is 0. The van der Waals surface area contributed by atoms with Crippen molar-refractivity contribution < 1.29 is 14.3 Å². The molecule has 0 unspecified atom stereocenters. The van der Waals surface area contributed by atoms with Crippen LogP contribution >= 0.6 is 0 Å². The normalized spacial score (nSPS) is 10.3. The van der Waals surface area contributed by atoms with Gasteiger partial charge >= 0.3 is 5.97 Å². The lowest BCUT2D eigenvalue weighted by atomic mass is 10.2. The van der Waals surface area contributed by atoms with Crippen LogP contribution in [-0.2, 0) is 16.1 Å². The van der Waals surface area contributed by atoms with E-state index in [4.69, 9.17) is 0 Å². The SMILES string of the molecule is COC(=O)CCN(CCCn1ccnc1)C(=O)c1cccnc1. The average molecular weight is 316 g/mol. The molecule has 0 fully saturated rings. The van der Waals surface area contributed by atoms with Crippen molar-refractivity contribution in [3.63, 3.8) is 0 Å². The summed E-state index contributed by atoms with van der Waals surface area (Å²) in [5.74, 6) is -0.462. The Morgan fingerprint density at radius 3 is 2.78 bits per heavy atom. The summed E-state index contributed by atoms with van der Waals surface area (Å²) < 4.78 is 6.60. The maximum absolute atomic E-state index is 12.6. The van der Waals surface area contributed by atoms with Gasteiger partial charge in [-0.15, -0.1) is 0 Å². The van der Waals surface area contributed by atoms with Crippen LogP contribution in [0, 0.1) is 0 Å². The zero-order valence-electron chi connectivity index (χ0n) is 13.1. The Hall–Kier alpha value is -2.70. The lowest BCUT2D eigenvalue weighted by molar-refractivity contribution is -0.140. The van der Waals surface area contributed by atoms with Gasteiger partial charge in [-0.2, -0.15) is 0 Å². The average Bonchev–Trinajstić information content (AvgIpc) is 3.11. The number of methoxy groups -OCH3 is 1. The minimum atomic E-state index is -0.330. The maximum Gasteiger partial charge on any atom is 0.307 e. The number of nitrogens with zero attached hydrogens (tertiary/aromatic N) is 4. The van der Waals surface area contributed by atoms with Gasteiger partial charge in [0.05, 0.1) is 25.4 Å². The highest BCUT2D eigenvalue weighted by molar-refractivity contribution is 5.94. The van der Waals surface area contributed by atoms with E-state index in [0.29, 0.717) is 18.7 Å². The Kier molecular flexibility index (Phi) is 6.28. The third-order valence-electron chi connectivity index (χ3n) is 3.41. The van der Waals surface area contributed by atoms with Crippen molar-refractivity contribution in [3.8, 4) is 0 Å². The van der Waals surface area contributed by atoms with E-state index in [1.165, 1.54) is 13.3 Å². The van der Waals surface area contributed by atoms with E-state index in [0.717, 1.165) is 13.0 Å². The molecule has 0 aliphatic heterocycles. The number of amides is 1. The maximum atomic E-state index is 12.6. The molecule has 2 heterocycles. The standard InChI is InChI=1S/C16H20N4O3/c1-23-15(21)5-10-20(9-3-8-19-11-7-18-13-19)16(22)14-4-2-6-17-12-14/h2,4,6-7,11-13H,3,5,8-10H2,1H3. The summed E-state index contributed by atoms with van der Waals surface area (Å²) in [7, 11) is 1.34. The molecular formula is C16H20N4O3. The van der Waals surface area contributed by atoms with Crippen molar-refractivity contribution in [1.82, 2.24) is 19.4 Å². The van der Waals surface area contributed by atoms with E-state index in [-0.39, 0.29) is 18.3 Å². The molecular weight excluding hydrogens is 296 g/mol. The monoisotopic (exact) mass is 316 g/mol. The number of carbonyl (C=O) groups excluding carboxylic acids is 2. The van der Waals surface area contributed by atoms with Crippen molar-refractivity contribution in [2.24, 2.45) is 0 Å². The third-order valence-corrected chi connectivity index (χ3v) is 3.41. The first kappa shape index (κ1) is 16.7. The highest BCUT2D eigenvalue weighted by Crippen LogP contribution is 2.06. The van der Waals surface area contributed by atoms with Crippen molar-refractivity contribution in [3.05, 3.63) is 48.8 Å². The van der Waals surface area contributed by atoms with E-state index in [1.54, 1.807) is 35.8 Å². The Balaban J connectivity index is 1.95. The first-order valence-electron chi connectivity index (χ1n) is 7.42. The van der Waals surface area contributed by atoms with Crippen molar-refractivity contribution >= 4 is 11.9 Å².